The summed E-state index contributed by atoms with van der Waals surface area (Å²) in [4.78, 5) is 12.6. The smallest absolute Gasteiger partial charge is 0.279 e. The number of carbonyl (C=O) groups is 1. The zero-order valence-electron chi connectivity index (χ0n) is 11.7. The monoisotopic (exact) mass is 302 g/mol. The first kappa shape index (κ1) is 14.2. The predicted octanol–water partition coefficient (Wildman–Crippen LogP) is 1.96. The van der Waals surface area contributed by atoms with E-state index in [4.69, 9.17) is 9.47 Å². The molecule has 1 atom stereocenters. The summed E-state index contributed by atoms with van der Waals surface area (Å²) in [6.45, 7) is 0. The van der Waals surface area contributed by atoms with Crippen LogP contribution in [0, 0.1) is 0 Å². The Morgan fingerprint density at radius 3 is 2.55 bits per heavy atom. The number of rotatable bonds is 3. The van der Waals surface area contributed by atoms with Gasteiger partial charge in [0.15, 0.2) is 11.5 Å². The summed E-state index contributed by atoms with van der Waals surface area (Å²) in [5.41, 5.74) is 0.880. The van der Waals surface area contributed by atoms with Crippen LogP contribution in [0.5, 0.6) is 23.0 Å². The van der Waals surface area contributed by atoms with Gasteiger partial charge in [-0.2, -0.15) is 0 Å². The third-order valence-corrected chi connectivity index (χ3v) is 3.64. The average molecular weight is 302 g/mol. The second-order valence-corrected chi connectivity index (χ2v) is 5.07. The van der Waals surface area contributed by atoms with Crippen LogP contribution in [0.15, 0.2) is 36.4 Å². The van der Waals surface area contributed by atoms with Crippen LogP contribution < -0.4 is 4.74 Å². The number of carbonyl (C=O) groups excluding carboxylic acids is 1. The van der Waals surface area contributed by atoms with E-state index in [1.165, 1.54) is 37.4 Å². The third-order valence-electron chi connectivity index (χ3n) is 3.64. The van der Waals surface area contributed by atoms with Crippen LogP contribution in [-0.4, -0.2) is 34.0 Å². The molecule has 0 saturated carbocycles. The van der Waals surface area contributed by atoms with Gasteiger partial charge in [0.2, 0.25) is 5.78 Å². The Bertz CT molecular complexity index is 754. The van der Waals surface area contributed by atoms with E-state index in [1.807, 2.05) is 0 Å². The number of ketones is 1. The molecule has 2 aromatic carbocycles. The third kappa shape index (κ3) is 2.14. The molecule has 0 unspecified atom stereocenters. The molecule has 0 spiro atoms. The van der Waals surface area contributed by atoms with Crippen molar-refractivity contribution >= 4 is 5.78 Å². The first-order valence-corrected chi connectivity index (χ1v) is 6.58. The molecule has 6 heteroatoms. The second kappa shape index (κ2) is 4.92. The lowest BCUT2D eigenvalue weighted by atomic mass is 9.98. The number of aromatic hydroxyl groups is 3. The Hall–Kier alpha value is -2.73. The second-order valence-electron chi connectivity index (χ2n) is 5.07. The quantitative estimate of drug-likeness (QED) is 0.750. The van der Waals surface area contributed by atoms with Crippen LogP contribution >= 0.6 is 0 Å². The molecule has 2 aromatic rings. The topological polar surface area (TPSA) is 96.2 Å². The number of hydrogen-bond acceptors (Lipinski definition) is 6. The maximum Gasteiger partial charge on any atom is 0.279 e. The molecule has 0 aromatic heterocycles. The molecule has 1 heterocycles. The van der Waals surface area contributed by atoms with Gasteiger partial charge in [0.25, 0.3) is 5.79 Å². The number of phenols is 3. The lowest BCUT2D eigenvalue weighted by Crippen LogP contribution is -2.44. The van der Waals surface area contributed by atoms with E-state index in [9.17, 15) is 20.1 Å². The molecule has 0 aliphatic carbocycles. The van der Waals surface area contributed by atoms with Gasteiger partial charge in [-0.05, 0) is 29.8 Å². The summed E-state index contributed by atoms with van der Waals surface area (Å²) < 4.78 is 10.9. The molecular formula is C16H14O6. The maximum atomic E-state index is 12.6. The van der Waals surface area contributed by atoms with Crippen LogP contribution in [0.25, 0.3) is 0 Å². The fraction of sp³-hybridized carbons (Fsp3) is 0.188. The molecule has 6 nitrogen and oxygen atoms in total. The molecule has 0 saturated heterocycles. The van der Waals surface area contributed by atoms with E-state index in [0.29, 0.717) is 11.1 Å². The molecule has 1 aliphatic heterocycles. The molecule has 22 heavy (non-hydrogen) atoms. The van der Waals surface area contributed by atoms with Crippen LogP contribution in [0.2, 0.25) is 0 Å². The standard InChI is InChI=1S/C16H14O6/c1-21-16(8-9-2-5-12(18)13(19)6-9)15(20)11-4-3-10(17)7-14(11)22-16/h2-7,17-19H,8H2,1H3/t16-/m0/s1. The number of methoxy groups -OCH3 is 1. The summed E-state index contributed by atoms with van der Waals surface area (Å²) in [5.74, 6) is -2.22. The molecule has 3 rings (SSSR count). The summed E-state index contributed by atoms with van der Waals surface area (Å²) in [6, 6.07) is 8.45. The van der Waals surface area contributed by atoms with Gasteiger partial charge in [0.05, 0.1) is 5.56 Å². The fourth-order valence-corrected chi connectivity index (χ4v) is 2.48. The normalized spacial score (nSPS) is 19.8. The van der Waals surface area contributed by atoms with Gasteiger partial charge >= 0.3 is 0 Å². The largest absolute Gasteiger partial charge is 0.508 e. The van der Waals surface area contributed by atoms with Gasteiger partial charge in [0.1, 0.15) is 11.5 Å². The van der Waals surface area contributed by atoms with Crippen molar-refractivity contribution in [3.05, 3.63) is 47.5 Å². The lowest BCUT2D eigenvalue weighted by Gasteiger charge is -2.25. The molecule has 3 N–H and O–H groups in total. The molecule has 114 valence electrons. The molecule has 1 aliphatic rings. The zero-order chi connectivity index (χ0) is 15.9. The number of hydrogen-bond donors (Lipinski definition) is 3. The lowest BCUT2D eigenvalue weighted by molar-refractivity contribution is -0.117. The maximum absolute atomic E-state index is 12.6. The summed E-state index contributed by atoms with van der Waals surface area (Å²) in [7, 11) is 1.35. The van der Waals surface area contributed by atoms with Gasteiger partial charge in [-0.25, -0.2) is 0 Å². The highest BCUT2D eigenvalue weighted by Crippen LogP contribution is 2.40. The highest BCUT2D eigenvalue weighted by atomic mass is 16.7. The Morgan fingerprint density at radius 2 is 1.86 bits per heavy atom. The number of Topliss-reactive ketones (excluding diaryl/α,β-unsaturated/α-hetero) is 1. The van der Waals surface area contributed by atoms with Crippen molar-refractivity contribution in [1.82, 2.24) is 0 Å². The van der Waals surface area contributed by atoms with E-state index in [0.717, 1.165) is 0 Å². The van der Waals surface area contributed by atoms with Crippen molar-refractivity contribution in [2.45, 2.75) is 12.2 Å². The molecule has 0 fully saturated rings. The number of benzene rings is 2. The van der Waals surface area contributed by atoms with Crippen LogP contribution in [0.4, 0.5) is 0 Å². The van der Waals surface area contributed by atoms with Gasteiger partial charge in [0, 0.05) is 19.6 Å². The Labute approximate surface area is 126 Å². The van der Waals surface area contributed by atoms with Crippen molar-refractivity contribution in [1.29, 1.82) is 0 Å². The van der Waals surface area contributed by atoms with E-state index >= 15 is 0 Å². The van der Waals surface area contributed by atoms with Crippen molar-refractivity contribution < 1.29 is 29.6 Å². The van der Waals surface area contributed by atoms with Gasteiger partial charge in [-0.1, -0.05) is 6.07 Å². The number of fused-ring (bicyclic) bond motifs is 1. The minimum atomic E-state index is -1.56. The summed E-state index contributed by atoms with van der Waals surface area (Å²) >= 11 is 0. The van der Waals surface area contributed by atoms with Crippen molar-refractivity contribution in [3.8, 4) is 23.0 Å². The number of ether oxygens (including phenoxy) is 2. The first-order valence-electron chi connectivity index (χ1n) is 6.58. The molecule has 0 bridgehead atoms. The average Bonchev–Trinajstić information content (AvgIpc) is 2.75. The summed E-state index contributed by atoms with van der Waals surface area (Å²) in [6.07, 6.45) is 0.0472. The van der Waals surface area contributed by atoms with Gasteiger partial charge in [-0.3, -0.25) is 4.79 Å². The molecule has 0 amide bonds. The minimum Gasteiger partial charge on any atom is -0.508 e. The van der Waals surface area contributed by atoms with Crippen molar-refractivity contribution in [2.24, 2.45) is 0 Å². The fourth-order valence-electron chi connectivity index (χ4n) is 2.48. The molecular weight excluding hydrogens is 288 g/mol. The molecule has 0 radical (unpaired) electrons. The predicted molar refractivity (Wildman–Crippen MR) is 76.3 cm³/mol. The van der Waals surface area contributed by atoms with Crippen LogP contribution in [0.3, 0.4) is 0 Å². The Kier molecular flexibility index (Phi) is 3.18. The van der Waals surface area contributed by atoms with E-state index < -0.39 is 5.79 Å². The minimum absolute atomic E-state index is 0.0132. The number of phenolic OH excluding ortho intramolecular Hbond substituents is 3. The van der Waals surface area contributed by atoms with Crippen molar-refractivity contribution in [2.75, 3.05) is 7.11 Å². The van der Waals surface area contributed by atoms with E-state index in [-0.39, 0.29) is 35.2 Å². The zero-order valence-corrected chi connectivity index (χ0v) is 11.7. The first-order chi connectivity index (χ1) is 10.4. The van der Waals surface area contributed by atoms with E-state index in [1.54, 1.807) is 6.07 Å². The van der Waals surface area contributed by atoms with E-state index in [2.05, 4.69) is 0 Å². The Balaban J connectivity index is 1.97. The summed E-state index contributed by atoms with van der Waals surface area (Å²) in [5, 5.41) is 28.4. The highest BCUT2D eigenvalue weighted by Gasteiger charge is 2.48. The van der Waals surface area contributed by atoms with Gasteiger partial charge < -0.3 is 24.8 Å². The van der Waals surface area contributed by atoms with Gasteiger partial charge in [-0.15, -0.1) is 0 Å². The Morgan fingerprint density at radius 1 is 1.09 bits per heavy atom. The van der Waals surface area contributed by atoms with Crippen molar-refractivity contribution in [3.63, 3.8) is 0 Å². The van der Waals surface area contributed by atoms with Crippen LogP contribution in [-0.2, 0) is 11.2 Å². The highest BCUT2D eigenvalue weighted by molar-refractivity contribution is 6.06. The SMILES string of the molecule is CO[C@@]1(Cc2ccc(O)c(O)c2)Oc2cc(O)ccc2C1=O. The van der Waals surface area contributed by atoms with Crippen LogP contribution in [0.1, 0.15) is 15.9 Å².